The minimum Gasteiger partial charge on any atom is -0.350 e. The van der Waals surface area contributed by atoms with Crippen molar-refractivity contribution in [3.63, 3.8) is 0 Å². The van der Waals surface area contributed by atoms with E-state index in [1.54, 1.807) is 7.05 Å². The highest BCUT2D eigenvalue weighted by atomic mass is 16.2. The maximum Gasteiger partial charge on any atom is 0.240 e. The number of rotatable bonds is 8. The third kappa shape index (κ3) is 8.05. The monoisotopic (exact) mass is 297 g/mol. The van der Waals surface area contributed by atoms with Crippen LogP contribution in [0.1, 0.15) is 47.0 Å². The van der Waals surface area contributed by atoms with Gasteiger partial charge in [0.1, 0.15) is 0 Å². The van der Waals surface area contributed by atoms with Crippen LogP contribution in [0.4, 0.5) is 0 Å². The molecule has 1 aliphatic carbocycles. The van der Waals surface area contributed by atoms with Gasteiger partial charge in [-0.05, 0) is 52.5 Å². The number of carbonyl (C=O) groups is 2. The maximum absolute atomic E-state index is 12.2. The van der Waals surface area contributed by atoms with E-state index < -0.39 is 0 Å². The maximum atomic E-state index is 12.2. The van der Waals surface area contributed by atoms with E-state index in [9.17, 15) is 9.59 Å². The molecule has 0 unspecified atom stereocenters. The quantitative estimate of drug-likeness (QED) is 0.738. The molecule has 0 aromatic carbocycles. The predicted molar refractivity (Wildman–Crippen MR) is 85.0 cm³/mol. The van der Waals surface area contributed by atoms with Crippen LogP contribution >= 0.6 is 0 Å². The smallest absolute Gasteiger partial charge is 0.240 e. The minimum absolute atomic E-state index is 0.0214. The zero-order valence-electron chi connectivity index (χ0n) is 14.2. The van der Waals surface area contributed by atoms with E-state index in [0.717, 1.165) is 25.4 Å². The fraction of sp³-hybridized carbons (Fsp3) is 0.875. The van der Waals surface area contributed by atoms with Gasteiger partial charge >= 0.3 is 0 Å². The lowest BCUT2D eigenvalue weighted by Crippen LogP contribution is -2.48. The van der Waals surface area contributed by atoms with E-state index >= 15 is 0 Å². The van der Waals surface area contributed by atoms with Crippen LogP contribution in [-0.4, -0.2) is 60.4 Å². The lowest BCUT2D eigenvalue weighted by atomic mass is 10.1. The van der Waals surface area contributed by atoms with Crippen molar-refractivity contribution < 1.29 is 9.59 Å². The molecule has 2 amide bonds. The Bertz CT molecular complexity index is 359. The molecule has 5 heteroatoms. The number of likely N-dealkylation sites (N-methyl/N-ethyl adjacent to an activating group) is 1. The largest absolute Gasteiger partial charge is 0.350 e. The number of carbonyl (C=O) groups excluding carboxylic acids is 2. The molecule has 1 N–H and O–H groups in total. The first-order valence-corrected chi connectivity index (χ1v) is 7.98. The summed E-state index contributed by atoms with van der Waals surface area (Å²) in [6, 6.07) is 0. The van der Waals surface area contributed by atoms with Crippen LogP contribution in [0, 0.1) is 5.92 Å². The molecule has 1 fully saturated rings. The molecule has 5 nitrogen and oxygen atoms in total. The third-order valence-corrected chi connectivity index (χ3v) is 3.43. The Labute approximate surface area is 129 Å². The molecule has 122 valence electrons. The van der Waals surface area contributed by atoms with Crippen molar-refractivity contribution in [2.75, 3.05) is 33.2 Å². The summed E-state index contributed by atoms with van der Waals surface area (Å²) in [6.07, 6.45) is 3.63. The summed E-state index contributed by atoms with van der Waals surface area (Å²) in [7, 11) is 1.70. The average Bonchev–Trinajstić information content (AvgIpc) is 3.10. The Balaban J connectivity index is 2.38. The number of hydrogen-bond acceptors (Lipinski definition) is 3. The van der Waals surface area contributed by atoms with E-state index in [1.807, 2.05) is 20.8 Å². The van der Waals surface area contributed by atoms with E-state index in [-0.39, 0.29) is 23.9 Å². The highest BCUT2D eigenvalue weighted by Gasteiger charge is 2.26. The van der Waals surface area contributed by atoms with E-state index in [1.165, 1.54) is 17.7 Å². The van der Waals surface area contributed by atoms with Gasteiger partial charge in [-0.25, -0.2) is 0 Å². The molecule has 1 saturated carbocycles. The summed E-state index contributed by atoms with van der Waals surface area (Å²) in [5.41, 5.74) is -0.263. The van der Waals surface area contributed by atoms with Crippen molar-refractivity contribution in [3.8, 4) is 0 Å². The van der Waals surface area contributed by atoms with E-state index in [0.29, 0.717) is 6.54 Å². The SMILES string of the molecule is CCCN(CC(=O)N(C)CC(=O)NC(C)(C)C)CC1CC1. The predicted octanol–water partition coefficient (Wildman–Crippen LogP) is 1.48. The standard InChI is InChI=1S/C16H31N3O2/c1-6-9-19(10-13-7-8-13)12-15(21)18(5)11-14(20)17-16(2,3)4/h13H,6-12H2,1-5H3,(H,17,20). The first-order valence-electron chi connectivity index (χ1n) is 7.98. The molecule has 0 spiro atoms. The van der Waals surface area contributed by atoms with Gasteiger partial charge in [-0.3, -0.25) is 14.5 Å². The molecule has 0 aliphatic heterocycles. The van der Waals surface area contributed by atoms with Gasteiger partial charge in [0.25, 0.3) is 0 Å². The Morgan fingerprint density at radius 3 is 2.29 bits per heavy atom. The van der Waals surface area contributed by atoms with Crippen molar-refractivity contribution in [2.45, 2.75) is 52.5 Å². The Morgan fingerprint density at radius 2 is 1.81 bits per heavy atom. The van der Waals surface area contributed by atoms with Gasteiger partial charge < -0.3 is 10.2 Å². The van der Waals surface area contributed by atoms with Crippen molar-refractivity contribution in [1.29, 1.82) is 0 Å². The second-order valence-corrected chi connectivity index (χ2v) is 7.23. The molecular weight excluding hydrogens is 266 g/mol. The topological polar surface area (TPSA) is 52.7 Å². The lowest BCUT2D eigenvalue weighted by Gasteiger charge is -2.26. The Hall–Kier alpha value is -1.10. The summed E-state index contributed by atoms with van der Waals surface area (Å²) in [6.45, 7) is 10.4. The molecule has 0 heterocycles. The molecule has 0 bridgehead atoms. The van der Waals surface area contributed by atoms with Crippen LogP contribution in [0.25, 0.3) is 0 Å². The van der Waals surface area contributed by atoms with Gasteiger partial charge in [-0.1, -0.05) is 6.92 Å². The first-order chi connectivity index (χ1) is 9.71. The molecule has 0 aromatic heterocycles. The highest BCUT2D eigenvalue weighted by molar-refractivity contribution is 5.85. The van der Waals surface area contributed by atoms with Crippen molar-refractivity contribution >= 4 is 11.8 Å². The van der Waals surface area contributed by atoms with Crippen molar-refractivity contribution in [3.05, 3.63) is 0 Å². The zero-order chi connectivity index (χ0) is 16.0. The molecule has 1 aliphatic rings. The summed E-state index contributed by atoms with van der Waals surface area (Å²) in [5, 5.41) is 2.88. The molecular formula is C16H31N3O2. The summed E-state index contributed by atoms with van der Waals surface area (Å²) >= 11 is 0. The molecule has 0 radical (unpaired) electrons. The molecule has 21 heavy (non-hydrogen) atoms. The molecule has 0 atom stereocenters. The van der Waals surface area contributed by atoms with Crippen molar-refractivity contribution in [1.82, 2.24) is 15.1 Å². The van der Waals surface area contributed by atoms with Gasteiger partial charge in [0.2, 0.25) is 11.8 Å². The number of amides is 2. The summed E-state index contributed by atoms with van der Waals surface area (Å²) < 4.78 is 0. The van der Waals surface area contributed by atoms with Crippen molar-refractivity contribution in [2.24, 2.45) is 5.92 Å². The van der Waals surface area contributed by atoms with Crippen LogP contribution < -0.4 is 5.32 Å². The van der Waals surface area contributed by atoms with Gasteiger partial charge in [0.05, 0.1) is 13.1 Å². The van der Waals surface area contributed by atoms with Gasteiger partial charge in [0, 0.05) is 19.1 Å². The zero-order valence-corrected chi connectivity index (χ0v) is 14.2. The fourth-order valence-electron chi connectivity index (χ4n) is 2.29. The van der Waals surface area contributed by atoms with Crippen LogP contribution in [0.3, 0.4) is 0 Å². The normalized spacial score (nSPS) is 15.1. The minimum atomic E-state index is -0.263. The van der Waals surface area contributed by atoms with E-state index in [2.05, 4.69) is 17.1 Å². The van der Waals surface area contributed by atoms with Gasteiger partial charge in [-0.2, -0.15) is 0 Å². The number of nitrogens with one attached hydrogen (secondary N) is 1. The number of hydrogen-bond donors (Lipinski definition) is 1. The number of nitrogens with zero attached hydrogens (tertiary/aromatic N) is 2. The highest BCUT2D eigenvalue weighted by Crippen LogP contribution is 2.29. The summed E-state index contributed by atoms with van der Waals surface area (Å²) in [4.78, 5) is 27.8. The van der Waals surface area contributed by atoms with Gasteiger partial charge in [-0.15, -0.1) is 0 Å². The average molecular weight is 297 g/mol. The molecule has 0 aromatic rings. The van der Waals surface area contributed by atoms with Crippen LogP contribution in [0.5, 0.6) is 0 Å². The van der Waals surface area contributed by atoms with Gasteiger partial charge in [0.15, 0.2) is 0 Å². The van der Waals surface area contributed by atoms with E-state index in [4.69, 9.17) is 0 Å². The molecule has 1 rings (SSSR count). The third-order valence-electron chi connectivity index (χ3n) is 3.43. The van der Waals surface area contributed by atoms with Crippen LogP contribution in [0.15, 0.2) is 0 Å². The Morgan fingerprint density at radius 1 is 1.19 bits per heavy atom. The fourth-order valence-corrected chi connectivity index (χ4v) is 2.29. The Kier molecular flexibility index (Phi) is 6.65. The van der Waals surface area contributed by atoms with Crippen LogP contribution in [0.2, 0.25) is 0 Å². The molecule has 0 saturated heterocycles. The van der Waals surface area contributed by atoms with Crippen LogP contribution in [-0.2, 0) is 9.59 Å². The second-order valence-electron chi connectivity index (χ2n) is 7.23. The first kappa shape index (κ1) is 18.0. The summed E-state index contributed by atoms with van der Waals surface area (Å²) in [5.74, 6) is 0.689. The second kappa shape index (κ2) is 7.78. The lowest BCUT2D eigenvalue weighted by molar-refractivity contribution is -0.136.